The van der Waals surface area contributed by atoms with E-state index in [1.54, 1.807) is 11.4 Å². The number of para-hydroxylation sites is 1. The summed E-state index contributed by atoms with van der Waals surface area (Å²) in [6, 6.07) is 10.8. The molecule has 0 saturated carbocycles. The van der Waals surface area contributed by atoms with Crippen molar-refractivity contribution < 1.29 is 18.1 Å². The van der Waals surface area contributed by atoms with Crippen LogP contribution in [0.2, 0.25) is 0 Å². The molecular formula is C18H11F2N3O2S. The third-order valence-electron chi connectivity index (χ3n) is 3.75. The lowest BCUT2D eigenvalue weighted by Gasteiger charge is -2.00. The molecule has 130 valence electrons. The number of amides is 1. The average molecular weight is 371 g/mol. The highest BCUT2D eigenvalue weighted by Gasteiger charge is 2.14. The molecule has 4 rings (SSSR count). The van der Waals surface area contributed by atoms with Gasteiger partial charge in [-0.1, -0.05) is 17.3 Å². The van der Waals surface area contributed by atoms with Crippen molar-refractivity contribution in [2.45, 2.75) is 6.42 Å². The van der Waals surface area contributed by atoms with E-state index in [0.29, 0.717) is 27.7 Å². The molecule has 0 spiro atoms. The molecule has 1 N–H and O–H groups in total. The van der Waals surface area contributed by atoms with Gasteiger partial charge in [0.2, 0.25) is 5.91 Å². The maximum absolute atomic E-state index is 13.3. The van der Waals surface area contributed by atoms with Crippen LogP contribution >= 0.6 is 11.3 Å². The number of nitrogens with one attached hydrogen (secondary N) is 1. The van der Waals surface area contributed by atoms with Crippen LogP contribution in [0.1, 0.15) is 5.69 Å². The Kier molecular flexibility index (Phi) is 4.18. The Bertz CT molecular complexity index is 1110. The van der Waals surface area contributed by atoms with Gasteiger partial charge in [-0.25, -0.2) is 13.8 Å². The minimum Gasteiger partial charge on any atom is -0.356 e. The van der Waals surface area contributed by atoms with Gasteiger partial charge in [-0.15, -0.1) is 11.3 Å². The molecule has 1 amide bonds. The number of anilines is 1. The highest BCUT2D eigenvalue weighted by atomic mass is 32.1. The minimum absolute atomic E-state index is 0.0388. The van der Waals surface area contributed by atoms with Crippen LogP contribution in [0.3, 0.4) is 0 Å². The number of carbonyl (C=O) groups is 1. The Balaban J connectivity index is 1.48. The van der Waals surface area contributed by atoms with Gasteiger partial charge >= 0.3 is 0 Å². The van der Waals surface area contributed by atoms with Gasteiger partial charge in [0.05, 0.1) is 12.1 Å². The number of aromatic nitrogens is 2. The second kappa shape index (κ2) is 6.64. The zero-order valence-electron chi connectivity index (χ0n) is 13.2. The van der Waals surface area contributed by atoms with Crippen molar-refractivity contribution >= 4 is 33.3 Å². The Hall–Kier alpha value is -3.13. The average Bonchev–Trinajstić information content (AvgIpc) is 3.25. The van der Waals surface area contributed by atoms with Crippen molar-refractivity contribution in [3.8, 4) is 11.3 Å². The van der Waals surface area contributed by atoms with E-state index in [1.165, 1.54) is 17.4 Å². The maximum Gasteiger partial charge on any atom is 0.232 e. The molecule has 0 radical (unpaired) electrons. The van der Waals surface area contributed by atoms with E-state index >= 15 is 0 Å². The van der Waals surface area contributed by atoms with Crippen LogP contribution in [0.25, 0.3) is 22.2 Å². The molecule has 2 heterocycles. The zero-order chi connectivity index (χ0) is 18.1. The fraction of sp³-hybridized carbons (Fsp3) is 0.0556. The Morgan fingerprint density at radius 3 is 2.85 bits per heavy atom. The third kappa shape index (κ3) is 3.18. The summed E-state index contributed by atoms with van der Waals surface area (Å²) in [5.41, 5.74) is 2.04. The number of fused-ring (bicyclic) bond motifs is 1. The molecule has 8 heteroatoms. The third-order valence-corrected chi connectivity index (χ3v) is 4.50. The smallest absolute Gasteiger partial charge is 0.232 e. The predicted molar refractivity (Wildman–Crippen MR) is 93.8 cm³/mol. The first-order chi connectivity index (χ1) is 12.6. The normalized spacial score (nSPS) is 11.0. The van der Waals surface area contributed by atoms with Crippen molar-refractivity contribution in [3.05, 3.63) is 65.2 Å². The van der Waals surface area contributed by atoms with Gasteiger partial charge in [-0.2, -0.15) is 0 Å². The fourth-order valence-corrected chi connectivity index (χ4v) is 3.24. The lowest BCUT2D eigenvalue weighted by molar-refractivity contribution is -0.115. The minimum atomic E-state index is -0.945. The molecule has 0 bridgehead atoms. The van der Waals surface area contributed by atoms with E-state index in [2.05, 4.69) is 15.5 Å². The monoisotopic (exact) mass is 371 g/mol. The molecule has 2 aromatic heterocycles. The summed E-state index contributed by atoms with van der Waals surface area (Å²) in [5.74, 6) is -2.16. The van der Waals surface area contributed by atoms with E-state index < -0.39 is 11.6 Å². The van der Waals surface area contributed by atoms with Gasteiger partial charge in [0, 0.05) is 16.3 Å². The summed E-state index contributed by atoms with van der Waals surface area (Å²) in [6.45, 7) is 0. The number of carbonyl (C=O) groups excluding carboxylic acids is 1. The molecule has 0 aliphatic rings. The molecule has 0 saturated heterocycles. The summed E-state index contributed by atoms with van der Waals surface area (Å²) >= 11 is 1.20. The summed E-state index contributed by atoms with van der Waals surface area (Å²) in [7, 11) is 0. The van der Waals surface area contributed by atoms with Crippen molar-refractivity contribution in [3.63, 3.8) is 0 Å². The van der Waals surface area contributed by atoms with Gasteiger partial charge in [0.1, 0.15) is 5.69 Å². The van der Waals surface area contributed by atoms with Gasteiger partial charge in [0.15, 0.2) is 22.3 Å². The molecule has 0 fully saturated rings. The van der Waals surface area contributed by atoms with Crippen molar-refractivity contribution in [2.75, 3.05) is 5.32 Å². The fourth-order valence-electron chi connectivity index (χ4n) is 2.50. The number of benzene rings is 2. The Labute approximate surface area is 150 Å². The van der Waals surface area contributed by atoms with Gasteiger partial charge < -0.3 is 9.84 Å². The van der Waals surface area contributed by atoms with Crippen LogP contribution in [-0.4, -0.2) is 16.0 Å². The highest BCUT2D eigenvalue weighted by Crippen LogP contribution is 2.26. The first-order valence-corrected chi connectivity index (χ1v) is 8.52. The van der Waals surface area contributed by atoms with Crippen LogP contribution in [0, 0.1) is 11.6 Å². The first kappa shape index (κ1) is 16.3. The lowest BCUT2D eigenvalue weighted by atomic mass is 10.1. The van der Waals surface area contributed by atoms with E-state index in [9.17, 15) is 13.6 Å². The molecule has 0 aliphatic heterocycles. The maximum atomic E-state index is 13.3. The molecule has 0 unspecified atom stereocenters. The molecular weight excluding hydrogens is 360 g/mol. The first-order valence-electron chi connectivity index (χ1n) is 7.64. The topological polar surface area (TPSA) is 68.0 Å². The zero-order valence-corrected chi connectivity index (χ0v) is 14.0. The standard InChI is InChI=1S/C18H11F2N3O2S/c19-12-6-5-10(7-13(12)20)15-9-26-18(21-15)22-17(24)8-14-11-3-1-2-4-16(11)25-23-14/h1-7,9H,8H2,(H,21,22,24). The molecule has 0 atom stereocenters. The van der Waals surface area contributed by atoms with Crippen molar-refractivity contribution in [2.24, 2.45) is 0 Å². The van der Waals surface area contributed by atoms with E-state index in [4.69, 9.17) is 4.52 Å². The van der Waals surface area contributed by atoms with Crippen molar-refractivity contribution in [1.82, 2.24) is 10.1 Å². The second-order valence-corrected chi connectivity index (χ2v) is 6.38. The number of nitrogens with zero attached hydrogens (tertiary/aromatic N) is 2. The Morgan fingerprint density at radius 2 is 2.00 bits per heavy atom. The van der Waals surface area contributed by atoms with Gasteiger partial charge in [-0.3, -0.25) is 4.79 Å². The highest BCUT2D eigenvalue weighted by molar-refractivity contribution is 7.14. The van der Waals surface area contributed by atoms with Crippen LogP contribution in [0.4, 0.5) is 13.9 Å². The quantitative estimate of drug-likeness (QED) is 0.577. The number of thiazole rings is 1. The van der Waals surface area contributed by atoms with E-state index in [0.717, 1.165) is 17.5 Å². The SMILES string of the molecule is O=C(Cc1noc2ccccc12)Nc1nc(-c2ccc(F)c(F)c2)cs1. The molecule has 4 aromatic rings. The van der Waals surface area contributed by atoms with Crippen LogP contribution in [0.15, 0.2) is 52.4 Å². The van der Waals surface area contributed by atoms with Gasteiger partial charge in [-0.05, 0) is 30.3 Å². The van der Waals surface area contributed by atoms with Crippen molar-refractivity contribution in [1.29, 1.82) is 0 Å². The van der Waals surface area contributed by atoms with E-state index in [1.807, 2.05) is 18.2 Å². The predicted octanol–water partition coefficient (Wildman–Crippen LogP) is 4.41. The van der Waals surface area contributed by atoms with Gasteiger partial charge in [0.25, 0.3) is 0 Å². The number of hydrogen-bond donors (Lipinski definition) is 1. The molecule has 26 heavy (non-hydrogen) atoms. The number of hydrogen-bond acceptors (Lipinski definition) is 5. The summed E-state index contributed by atoms with van der Waals surface area (Å²) < 4.78 is 31.5. The lowest BCUT2D eigenvalue weighted by Crippen LogP contribution is -2.14. The van der Waals surface area contributed by atoms with Crippen LogP contribution < -0.4 is 5.32 Å². The number of halogens is 2. The van der Waals surface area contributed by atoms with E-state index in [-0.39, 0.29) is 12.3 Å². The summed E-state index contributed by atoms with van der Waals surface area (Å²) in [4.78, 5) is 16.5. The molecule has 5 nitrogen and oxygen atoms in total. The molecule has 0 aliphatic carbocycles. The second-order valence-electron chi connectivity index (χ2n) is 5.52. The number of rotatable bonds is 4. The summed E-state index contributed by atoms with van der Waals surface area (Å²) in [6.07, 6.45) is 0.0388. The molecule has 2 aromatic carbocycles. The summed E-state index contributed by atoms with van der Waals surface area (Å²) in [5, 5.41) is 9.40. The van der Waals surface area contributed by atoms with Crippen LogP contribution in [-0.2, 0) is 11.2 Å². The van der Waals surface area contributed by atoms with Crippen LogP contribution in [0.5, 0.6) is 0 Å². The largest absolute Gasteiger partial charge is 0.356 e. The Morgan fingerprint density at radius 1 is 1.15 bits per heavy atom.